The van der Waals surface area contributed by atoms with Gasteiger partial charge in [-0.15, -0.1) is 0 Å². The molecule has 19 heavy (non-hydrogen) atoms. The Morgan fingerprint density at radius 1 is 1.05 bits per heavy atom. The average molecular weight is 251 g/mol. The summed E-state index contributed by atoms with van der Waals surface area (Å²) < 4.78 is 5.77. The summed E-state index contributed by atoms with van der Waals surface area (Å²) in [6.07, 6.45) is 1.36. The number of rotatable bonds is 5. The van der Waals surface area contributed by atoms with Crippen molar-refractivity contribution in [3.05, 3.63) is 65.2 Å². The molecule has 0 aliphatic carbocycles. The Morgan fingerprint density at radius 3 is 2.47 bits per heavy atom. The molecule has 0 saturated heterocycles. The number of ether oxygens (including phenoxy) is 1. The molecule has 2 aromatic carbocycles. The van der Waals surface area contributed by atoms with Crippen molar-refractivity contribution in [2.45, 2.75) is 26.4 Å². The second kappa shape index (κ2) is 6.61. The maximum Gasteiger partial charge on any atom is 0.119 e. The topological polar surface area (TPSA) is 33.0 Å². The van der Waals surface area contributed by atoms with E-state index in [4.69, 9.17) is 10.00 Å². The molecule has 0 aliphatic rings. The highest BCUT2D eigenvalue weighted by Crippen LogP contribution is 2.16. The Kier molecular flexibility index (Phi) is 4.58. The lowest BCUT2D eigenvalue weighted by Gasteiger charge is -2.09. The van der Waals surface area contributed by atoms with Crippen LogP contribution in [0.5, 0.6) is 5.75 Å². The van der Waals surface area contributed by atoms with Crippen molar-refractivity contribution in [3.8, 4) is 11.8 Å². The van der Waals surface area contributed by atoms with Crippen LogP contribution in [-0.2, 0) is 13.0 Å². The van der Waals surface area contributed by atoms with E-state index < -0.39 is 0 Å². The third kappa shape index (κ3) is 3.86. The van der Waals surface area contributed by atoms with Crippen molar-refractivity contribution in [3.63, 3.8) is 0 Å². The van der Waals surface area contributed by atoms with E-state index in [1.54, 1.807) is 0 Å². The molecule has 0 N–H and O–H groups in total. The summed E-state index contributed by atoms with van der Waals surface area (Å²) in [6, 6.07) is 18.3. The van der Waals surface area contributed by atoms with Gasteiger partial charge >= 0.3 is 0 Å². The fourth-order valence-electron chi connectivity index (χ4n) is 1.89. The summed E-state index contributed by atoms with van der Waals surface area (Å²) in [7, 11) is 0. The molecule has 0 spiro atoms. The maximum absolute atomic E-state index is 8.54. The van der Waals surface area contributed by atoms with Crippen LogP contribution >= 0.6 is 0 Å². The van der Waals surface area contributed by atoms with Crippen LogP contribution in [0.15, 0.2) is 48.5 Å². The van der Waals surface area contributed by atoms with Crippen LogP contribution in [0.25, 0.3) is 0 Å². The van der Waals surface area contributed by atoms with E-state index in [0.717, 1.165) is 12.2 Å². The Labute approximate surface area is 114 Å². The highest BCUT2D eigenvalue weighted by atomic mass is 16.5. The van der Waals surface area contributed by atoms with Crippen molar-refractivity contribution in [2.24, 2.45) is 0 Å². The normalized spacial score (nSPS) is 9.89. The van der Waals surface area contributed by atoms with Gasteiger partial charge in [-0.05, 0) is 42.2 Å². The summed E-state index contributed by atoms with van der Waals surface area (Å²) in [5.41, 5.74) is 3.62. The zero-order chi connectivity index (χ0) is 13.5. The third-order valence-corrected chi connectivity index (χ3v) is 3.10. The van der Waals surface area contributed by atoms with Gasteiger partial charge in [-0.1, -0.05) is 36.4 Å². The van der Waals surface area contributed by atoms with Gasteiger partial charge in [-0.25, -0.2) is 0 Å². The van der Waals surface area contributed by atoms with Crippen LogP contribution in [-0.4, -0.2) is 0 Å². The number of aryl methyl sites for hydroxylation is 2. The molecule has 96 valence electrons. The number of nitrogens with zero attached hydrogens (tertiary/aromatic N) is 1. The zero-order valence-corrected chi connectivity index (χ0v) is 11.1. The van der Waals surface area contributed by atoms with Gasteiger partial charge in [0, 0.05) is 6.42 Å². The van der Waals surface area contributed by atoms with Gasteiger partial charge in [0.05, 0.1) is 6.07 Å². The predicted molar refractivity (Wildman–Crippen MR) is 75.9 cm³/mol. The van der Waals surface area contributed by atoms with Gasteiger partial charge in [-0.2, -0.15) is 5.26 Å². The van der Waals surface area contributed by atoms with Crippen LogP contribution in [0, 0.1) is 18.3 Å². The van der Waals surface area contributed by atoms with E-state index in [1.165, 1.54) is 16.7 Å². The standard InChI is InChI=1S/C17H17NO/c1-14-5-2-3-7-16(14)13-19-17-10-8-15(9-11-17)6-4-12-18/h2-3,5,7-11H,4,6,13H2,1H3. The summed E-state index contributed by atoms with van der Waals surface area (Å²) in [4.78, 5) is 0. The first-order chi connectivity index (χ1) is 9.29. The van der Waals surface area contributed by atoms with Crippen molar-refractivity contribution in [1.82, 2.24) is 0 Å². The van der Waals surface area contributed by atoms with Crippen LogP contribution in [0.3, 0.4) is 0 Å². The van der Waals surface area contributed by atoms with Crippen molar-refractivity contribution in [1.29, 1.82) is 5.26 Å². The molecule has 2 rings (SSSR count). The minimum atomic E-state index is 0.559. The molecule has 0 bridgehead atoms. The van der Waals surface area contributed by atoms with Gasteiger partial charge < -0.3 is 4.74 Å². The minimum Gasteiger partial charge on any atom is -0.489 e. The highest BCUT2D eigenvalue weighted by Gasteiger charge is 1.99. The van der Waals surface area contributed by atoms with Crippen molar-refractivity contribution >= 4 is 0 Å². The largest absolute Gasteiger partial charge is 0.489 e. The van der Waals surface area contributed by atoms with E-state index in [2.05, 4.69) is 25.1 Å². The first-order valence-corrected chi connectivity index (χ1v) is 6.43. The van der Waals surface area contributed by atoms with Gasteiger partial charge in [0.1, 0.15) is 12.4 Å². The van der Waals surface area contributed by atoms with E-state index in [0.29, 0.717) is 13.0 Å². The molecule has 0 heterocycles. The monoisotopic (exact) mass is 251 g/mol. The molecular weight excluding hydrogens is 234 g/mol. The van der Waals surface area contributed by atoms with Gasteiger partial charge in [-0.3, -0.25) is 0 Å². The van der Waals surface area contributed by atoms with E-state index in [9.17, 15) is 0 Å². The predicted octanol–water partition coefficient (Wildman–Crippen LogP) is 4.03. The maximum atomic E-state index is 8.54. The summed E-state index contributed by atoms with van der Waals surface area (Å²) >= 11 is 0. The Morgan fingerprint density at radius 2 is 1.79 bits per heavy atom. The Bertz CT molecular complexity index is 567. The molecule has 0 radical (unpaired) electrons. The molecule has 2 aromatic rings. The number of benzene rings is 2. The molecule has 0 aromatic heterocycles. The van der Waals surface area contributed by atoms with Crippen molar-refractivity contribution < 1.29 is 4.74 Å². The average Bonchev–Trinajstić information content (AvgIpc) is 2.45. The highest BCUT2D eigenvalue weighted by molar-refractivity contribution is 5.29. The van der Waals surface area contributed by atoms with Crippen LogP contribution in [0.2, 0.25) is 0 Å². The lowest BCUT2D eigenvalue weighted by atomic mass is 10.1. The van der Waals surface area contributed by atoms with Crippen molar-refractivity contribution in [2.75, 3.05) is 0 Å². The fourth-order valence-corrected chi connectivity index (χ4v) is 1.89. The lowest BCUT2D eigenvalue weighted by Crippen LogP contribution is -1.97. The summed E-state index contributed by atoms with van der Waals surface area (Å²) in [5.74, 6) is 0.865. The van der Waals surface area contributed by atoms with Crippen LogP contribution in [0.1, 0.15) is 23.1 Å². The van der Waals surface area contributed by atoms with E-state index in [-0.39, 0.29) is 0 Å². The molecule has 0 unspecified atom stereocenters. The smallest absolute Gasteiger partial charge is 0.119 e. The molecule has 0 aliphatic heterocycles. The zero-order valence-electron chi connectivity index (χ0n) is 11.1. The molecule has 0 fully saturated rings. The Balaban J connectivity index is 1.93. The Hall–Kier alpha value is -2.27. The second-order valence-corrected chi connectivity index (χ2v) is 4.52. The van der Waals surface area contributed by atoms with Gasteiger partial charge in [0.25, 0.3) is 0 Å². The molecule has 0 saturated carbocycles. The van der Waals surface area contributed by atoms with Crippen LogP contribution < -0.4 is 4.74 Å². The first kappa shape index (κ1) is 13.2. The van der Waals surface area contributed by atoms with Gasteiger partial charge in [0.2, 0.25) is 0 Å². The summed E-state index contributed by atoms with van der Waals surface area (Å²) in [6.45, 7) is 2.67. The fraction of sp³-hybridized carbons (Fsp3) is 0.235. The SMILES string of the molecule is Cc1ccccc1COc1ccc(CCC#N)cc1. The third-order valence-electron chi connectivity index (χ3n) is 3.10. The molecule has 0 amide bonds. The van der Waals surface area contributed by atoms with Gasteiger partial charge in [0.15, 0.2) is 0 Å². The summed E-state index contributed by atoms with van der Waals surface area (Å²) in [5, 5.41) is 8.54. The quantitative estimate of drug-likeness (QED) is 0.803. The van der Waals surface area contributed by atoms with E-state index >= 15 is 0 Å². The minimum absolute atomic E-state index is 0.559. The molecule has 0 atom stereocenters. The van der Waals surface area contributed by atoms with E-state index in [1.807, 2.05) is 36.4 Å². The van der Waals surface area contributed by atoms with Crippen LogP contribution in [0.4, 0.5) is 0 Å². The number of hydrogen-bond acceptors (Lipinski definition) is 2. The molecular formula is C17H17NO. The second-order valence-electron chi connectivity index (χ2n) is 4.52. The number of nitriles is 1. The number of hydrogen-bond donors (Lipinski definition) is 0. The lowest BCUT2D eigenvalue weighted by molar-refractivity contribution is 0.305. The molecule has 2 heteroatoms. The molecule has 2 nitrogen and oxygen atoms in total. The first-order valence-electron chi connectivity index (χ1n) is 6.43.